The van der Waals surface area contributed by atoms with Crippen molar-refractivity contribution in [3.05, 3.63) is 115 Å². The molecule has 0 saturated heterocycles. The topological polar surface area (TPSA) is 117 Å². The second-order valence-corrected chi connectivity index (χ2v) is 23.9. The van der Waals surface area contributed by atoms with Gasteiger partial charge in [-0.3, -0.25) is 0 Å². The van der Waals surface area contributed by atoms with E-state index in [0.717, 1.165) is 144 Å². The first-order valence-electron chi connectivity index (χ1n) is 24.5. The summed E-state index contributed by atoms with van der Waals surface area (Å²) in [5, 5.41) is 0. The molecule has 8 rings (SSSR count). The van der Waals surface area contributed by atoms with Gasteiger partial charge in [0.2, 0.25) is 0 Å². The summed E-state index contributed by atoms with van der Waals surface area (Å²) < 4.78 is 49.6. The average molecular weight is 965 g/mol. The molecule has 2 fully saturated rings. The fourth-order valence-corrected chi connectivity index (χ4v) is 13.4. The third-order valence-electron chi connectivity index (χ3n) is 14.9. The number of hydrogen-bond donors (Lipinski definition) is 0. The molecule has 2 saturated carbocycles. The first kappa shape index (κ1) is 53.1. The monoisotopic (exact) mass is 964 g/mol. The minimum Gasteiger partial charge on any atom is -0.736 e. The Bertz CT molecular complexity index is 2410. The Kier molecular flexibility index (Phi) is 16.9. The van der Waals surface area contributed by atoms with Crippen molar-refractivity contribution in [2.24, 2.45) is 0 Å². The van der Waals surface area contributed by atoms with E-state index in [9.17, 15) is 18.9 Å². The van der Waals surface area contributed by atoms with E-state index in [1.807, 2.05) is 18.2 Å². The van der Waals surface area contributed by atoms with Gasteiger partial charge < -0.3 is 27.9 Å². The fraction of sp³-hybridized carbons (Fsp3) is 0.564. The molecule has 0 spiro atoms. The Hall–Kier alpha value is -2.28. The molecule has 0 radical (unpaired) electrons. The zero-order chi connectivity index (χ0) is 47.1. The minimum atomic E-state index is -4.62. The van der Waals surface area contributed by atoms with Gasteiger partial charge in [-0.05, 0) is 116 Å². The molecule has 0 amide bonds. The van der Waals surface area contributed by atoms with Crippen LogP contribution in [0, 0.1) is 27.7 Å². The summed E-state index contributed by atoms with van der Waals surface area (Å²) in [4.78, 5) is 26.5. The van der Waals surface area contributed by atoms with Crippen LogP contribution in [0.25, 0.3) is 0 Å². The van der Waals surface area contributed by atoms with Gasteiger partial charge in [0.1, 0.15) is 23.0 Å². The molecule has 2 unspecified atom stereocenters. The summed E-state index contributed by atoms with van der Waals surface area (Å²) in [6.45, 7) is 23.5. The van der Waals surface area contributed by atoms with Crippen molar-refractivity contribution >= 4 is 53.4 Å². The van der Waals surface area contributed by atoms with E-state index in [1.54, 1.807) is 0 Å². The molecular weight excluding hydrogens is 891 g/mol. The van der Waals surface area contributed by atoms with Crippen LogP contribution < -0.4 is 27.9 Å². The van der Waals surface area contributed by atoms with Crippen molar-refractivity contribution in [1.82, 2.24) is 0 Å². The van der Waals surface area contributed by atoms with Crippen molar-refractivity contribution in [3.8, 4) is 23.0 Å². The zero-order valence-electron chi connectivity index (χ0n) is 41.9. The van der Waals surface area contributed by atoms with Crippen LogP contribution in [0.4, 0.5) is 0 Å². The van der Waals surface area contributed by atoms with Crippen LogP contribution >= 0.6 is 15.6 Å². The van der Waals surface area contributed by atoms with Crippen LogP contribution in [-0.2, 0) is 38.2 Å². The Balaban J connectivity index is 0.000000216. The standard InChI is InChI=1S/C29H39O4P.C26H37O4P.Ca/c1-20-15-22-19-23-16-21(2)18-25(29(4)13-9-6-10-14-29)27(23)33-34(30,31)32-26(22)24(17-20)28(3)11-7-5-8-12-28;1-8-10-19(5)22-14-17(3)12-20-16-21-13-18(4)15-23(26(6,7)11-9-2)25(21)30-31(27,28)29-24(20)22;/h15-18H,5-14,19H2,1-4H3,(H,30,31);12-15,19H,8-11,16H2,1-7H3,(H,27,28);/q;;+2/p-2. The predicted molar refractivity (Wildman–Crippen MR) is 266 cm³/mol. The van der Waals surface area contributed by atoms with Crippen LogP contribution in [0.1, 0.15) is 211 Å². The van der Waals surface area contributed by atoms with Gasteiger partial charge in [0.05, 0.1) is 0 Å². The van der Waals surface area contributed by atoms with Crippen molar-refractivity contribution < 1.29 is 37.0 Å². The molecule has 4 aliphatic rings. The van der Waals surface area contributed by atoms with Crippen LogP contribution in [0.2, 0.25) is 0 Å². The summed E-state index contributed by atoms with van der Waals surface area (Å²) in [5.74, 6) is 2.11. The first-order valence-corrected chi connectivity index (χ1v) is 27.4. The molecule has 0 aromatic heterocycles. The Labute approximate surface area is 426 Å². The van der Waals surface area contributed by atoms with Crippen molar-refractivity contribution in [1.29, 1.82) is 0 Å². The van der Waals surface area contributed by atoms with E-state index < -0.39 is 15.6 Å². The van der Waals surface area contributed by atoms with Gasteiger partial charge in [0, 0.05) is 29.5 Å². The molecular formula is C55H74CaO8P2. The van der Waals surface area contributed by atoms with E-state index in [0.29, 0.717) is 35.8 Å². The molecule has 66 heavy (non-hydrogen) atoms. The summed E-state index contributed by atoms with van der Waals surface area (Å²) in [6, 6.07) is 16.7. The van der Waals surface area contributed by atoms with E-state index in [2.05, 4.69) is 106 Å². The van der Waals surface area contributed by atoms with Crippen molar-refractivity contribution in [2.75, 3.05) is 0 Å². The van der Waals surface area contributed by atoms with E-state index in [4.69, 9.17) is 18.1 Å². The zero-order valence-corrected chi connectivity index (χ0v) is 45.9. The van der Waals surface area contributed by atoms with Crippen molar-refractivity contribution in [3.63, 3.8) is 0 Å². The van der Waals surface area contributed by atoms with Gasteiger partial charge in [-0.1, -0.05) is 171 Å². The third-order valence-corrected chi connectivity index (χ3v) is 16.5. The molecule has 4 aromatic carbocycles. The molecule has 8 nitrogen and oxygen atoms in total. The third kappa shape index (κ3) is 11.8. The van der Waals surface area contributed by atoms with Gasteiger partial charge >= 0.3 is 53.4 Å². The molecule has 11 heteroatoms. The van der Waals surface area contributed by atoms with Gasteiger partial charge in [-0.2, -0.15) is 0 Å². The number of benzene rings is 4. The van der Waals surface area contributed by atoms with Gasteiger partial charge in [-0.25, -0.2) is 9.13 Å². The molecule has 0 N–H and O–H groups in total. The van der Waals surface area contributed by atoms with Gasteiger partial charge in [-0.15, -0.1) is 0 Å². The Morgan fingerprint density at radius 3 is 1.39 bits per heavy atom. The summed E-state index contributed by atoms with van der Waals surface area (Å²) in [7, 11) is -9.22. The van der Waals surface area contributed by atoms with Crippen LogP contribution in [0.3, 0.4) is 0 Å². The van der Waals surface area contributed by atoms with E-state index >= 15 is 0 Å². The maximum Gasteiger partial charge on any atom is 2.00 e. The number of rotatable bonds is 8. The average Bonchev–Trinajstić information content (AvgIpc) is 3.21. The van der Waals surface area contributed by atoms with Crippen molar-refractivity contribution in [2.45, 2.75) is 201 Å². The SMILES string of the molecule is CCCC(C)c1cc(C)cc2c1OP(=O)([O-])Oc1c(cc(C)cc1C(C)(C)CCC)C2.Cc1cc2c(c(C3(C)CCCCC3)c1)OP(=O)([O-])Oc1c(cc(C)cc1C1(C)CCCCC1)C2.[Ca+2]. The number of aryl methyl sites for hydroxylation is 4. The molecule has 4 aromatic rings. The smallest absolute Gasteiger partial charge is 0.736 e. The minimum absolute atomic E-state index is 0. The number of hydrogen-bond acceptors (Lipinski definition) is 8. The van der Waals surface area contributed by atoms with Crippen LogP contribution in [0.15, 0.2) is 48.5 Å². The molecule has 2 heterocycles. The first-order chi connectivity index (χ1) is 30.6. The number of fused-ring (bicyclic) bond motifs is 4. The molecule has 2 aliphatic heterocycles. The Morgan fingerprint density at radius 2 is 0.955 bits per heavy atom. The van der Waals surface area contributed by atoms with E-state index in [1.165, 1.54) is 12.8 Å². The van der Waals surface area contributed by atoms with Gasteiger partial charge in [0.25, 0.3) is 0 Å². The largest absolute Gasteiger partial charge is 2.00 e. The van der Waals surface area contributed by atoms with Gasteiger partial charge in [0.15, 0.2) is 0 Å². The second kappa shape index (κ2) is 21.0. The van der Waals surface area contributed by atoms with Crippen LogP contribution in [0.5, 0.6) is 23.0 Å². The van der Waals surface area contributed by atoms with E-state index in [-0.39, 0.29) is 59.9 Å². The summed E-state index contributed by atoms with van der Waals surface area (Å²) in [5.41, 5.74) is 11.8. The number of phosphoric ester groups is 2. The maximum absolute atomic E-state index is 13.4. The summed E-state index contributed by atoms with van der Waals surface area (Å²) in [6.07, 6.45) is 16.4. The maximum atomic E-state index is 13.4. The Morgan fingerprint density at radius 1 is 0.576 bits per heavy atom. The molecule has 0 bridgehead atoms. The predicted octanol–water partition coefficient (Wildman–Crippen LogP) is 14.3. The molecule has 354 valence electrons. The second-order valence-electron chi connectivity index (χ2n) is 21.4. The normalized spacial score (nSPS) is 20.9. The van der Waals surface area contributed by atoms with Crippen LogP contribution in [-0.4, -0.2) is 37.7 Å². The molecule has 2 atom stereocenters. The summed E-state index contributed by atoms with van der Waals surface area (Å²) >= 11 is 0. The fourth-order valence-electron chi connectivity index (χ4n) is 11.6. The molecule has 2 aliphatic carbocycles. The number of phosphoric acid groups is 2. The quantitative estimate of drug-likeness (QED) is 0.127.